The van der Waals surface area contributed by atoms with Gasteiger partial charge in [-0.3, -0.25) is 0 Å². The molecule has 6 nitrogen and oxygen atoms in total. The summed E-state index contributed by atoms with van der Waals surface area (Å²) in [6.45, 7) is 6.24. The fourth-order valence-electron chi connectivity index (χ4n) is 2.36. The minimum absolute atomic E-state index is 0. The van der Waals surface area contributed by atoms with Crippen molar-refractivity contribution >= 4 is 15.2 Å². The zero-order valence-corrected chi connectivity index (χ0v) is 25.6. The summed E-state index contributed by atoms with van der Waals surface area (Å²) in [4.78, 5) is 41.5. The number of hydrogen-bond acceptors (Lipinski definition) is 5. The predicted octanol–water partition coefficient (Wildman–Crippen LogP) is -6.18. The van der Waals surface area contributed by atoms with E-state index in [9.17, 15) is 23.8 Å². The molecule has 0 aliphatic carbocycles. The van der Waals surface area contributed by atoms with E-state index >= 15 is 0 Å². The van der Waals surface area contributed by atoms with Crippen LogP contribution in [0, 0.1) is 0 Å². The molecule has 0 aliphatic heterocycles. The van der Waals surface area contributed by atoms with Crippen molar-refractivity contribution in [3.63, 3.8) is 0 Å². The van der Waals surface area contributed by atoms with Crippen molar-refractivity contribution < 1.29 is 117 Å². The SMILES string of the molecule is CC(C)=CCC/C(C)=C/CCCCCCC(P(=O)([O-])[O-])P(=O)([O-])O.[Na+].[Na+].[Na+]. The smallest absolute Gasteiger partial charge is 0.810 e. The Balaban J connectivity index is -0.000000882. The van der Waals surface area contributed by atoms with Crippen LogP contribution in [0.5, 0.6) is 0 Å². The Kier molecular flexibility index (Phi) is 26.8. The monoisotopic (exact) mass is 448 g/mol. The van der Waals surface area contributed by atoms with Gasteiger partial charge in [0.1, 0.15) is 7.60 Å². The van der Waals surface area contributed by atoms with Gasteiger partial charge in [-0.25, -0.2) is 0 Å². The molecule has 0 radical (unpaired) electrons. The Morgan fingerprint density at radius 3 is 1.85 bits per heavy atom. The van der Waals surface area contributed by atoms with E-state index in [4.69, 9.17) is 4.89 Å². The van der Waals surface area contributed by atoms with Crippen molar-refractivity contribution in [1.29, 1.82) is 0 Å². The minimum Gasteiger partial charge on any atom is -0.810 e. The van der Waals surface area contributed by atoms with Crippen molar-refractivity contribution in [2.45, 2.75) is 77.5 Å². The van der Waals surface area contributed by atoms with Gasteiger partial charge in [0.05, 0.1) is 5.40 Å². The molecule has 0 aromatic heterocycles. The maximum Gasteiger partial charge on any atom is 1.00 e. The minimum atomic E-state index is -5.33. The van der Waals surface area contributed by atoms with Gasteiger partial charge in [-0.1, -0.05) is 50.2 Å². The third kappa shape index (κ3) is 21.8. The van der Waals surface area contributed by atoms with Gasteiger partial charge < -0.3 is 28.7 Å². The second kappa shape index (κ2) is 19.5. The number of unbranched alkanes of at least 4 members (excludes halogenated alkanes) is 4. The first-order chi connectivity index (χ1) is 10.9. The average Bonchev–Trinajstić information content (AvgIpc) is 2.38. The molecule has 0 bridgehead atoms. The fourth-order valence-corrected chi connectivity index (χ4v) is 4.80. The van der Waals surface area contributed by atoms with Gasteiger partial charge in [-0.2, -0.15) is 0 Å². The van der Waals surface area contributed by atoms with E-state index in [2.05, 4.69) is 32.9 Å². The maximum atomic E-state index is 10.9. The van der Waals surface area contributed by atoms with Gasteiger partial charge in [0.15, 0.2) is 0 Å². The van der Waals surface area contributed by atoms with Gasteiger partial charge in [-0.15, -0.1) is 0 Å². The Morgan fingerprint density at radius 2 is 1.41 bits per heavy atom. The van der Waals surface area contributed by atoms with Crippen LogP contribution < -0.4 is 103 Å². The third-order valence-electron chi connectivity index (χ3n) is 3.74. The molecule has 0 aliphatic rings. The zero-order valence-electron chi connectivity index (χ0n) is 17.8. The molecule has 0 spiro atoms. The van der Waals surface area contributed by atoms with Crippen molar-refractivity contribution in [3.05, 3.63) is 23.3 Å². The molecule has 0 saturated carbocycles. The van der Waals surface area contributed by atoms with Crippen molar-refractivity contribution in [2.24, 2.45) is 0 Å². The van der Waals surface area contributed by atoms with Crippen LogP contribution in [0.1, 0.15) is 72.1 Å². The summed E-state index contributed by atoms with van der Waals surface area (Å²) >= 11 is 0. The topological polar surface area (TPSA) is 124 Å². The second-order valence-corrected chi connectivity index (χ2v) is 10.3. The van der Waals surface area contributed by atoms with Crippen LogP contribution in [-0.2, 0) is 9.13 Å². The standard InChI is InChI=1S/C16H32O6P2.3Na/c1-14(2)10-9-12-15(3)11-7-5-4-6-8-13-16(23(17,18)19)24(20,21)22;;;/h10-11,16H,4-9,12-13H2,1-3H3,(H2,17,18,19)(H2,20,21,22);;;/q;3*+1/p-3/b15-11+;;;. The van der Waals surface area contributed by atoms with Crippen LogP contribution in [0.4, 0.5) is 0 Å². The second-order valence-electron chi connectivity index (χ2n) is 6.45. The molecular formula is C16H29Na3O6P2. The van der Waals surface area contributed by atoms with Gasteiger partial charge in [-0.05, 0) is 52.9 Å². The summed E-state index contributed by atoms with van der Waals surface area (Å²) in [5, 5.41) is -2.19. The Morgan fingerprint density at radius 1 is 0.889 bits per heavy atom. The zero-order chi connectivity index (χ0) is 18.8. The van der Waals surface area contributed by atoms with Crippen LogP contribution in [0.2, 0.25) is 0 Å². The number of allylic oxidation sites excluding steroid dienone is 4. The molecule has 0 heterocycles. The first-order valence-electron chi connectivity index (χ1n) is 8.28. The summed E-state index contributed by atoms with van der Waals surface area (Å²) < 4.78 is 21.8. The van der Waals surface area contributed by atoms with E-state index in [0.717, 1.165) is 32.1 Å². The first-order valence-corrected chi connectivity index (χ1v) is 11.5. The molecule has 0 fully saturated rings. The molecule has 1 N–H and O–H groups in total. The van der Waals surface area contributed by atoms with E-state index in [1.54, 1.807) is 0 Å². The average molecular weight is 448 g/mol. The number of rotatable bonds is 12. The molecule has 2 unspecified atom stereocenters. The van der Waals surface area contributed by atoms with E-state index in [0.29, 0.717) is 6.42 Å². The normalized spacial score (nSPS) is 14.7. The van der Waals surface area contributed by atoms with Gasteiger partial charge in [0.2, 0.25) is 0 Å². The van der Waals surface area contributed by atoms with E-state index in [1.165, 1.54) is 11.1 Å². The van der Waals surface area contributed by atoms with Gasteiger partial charge in [0, 0.05) is 0 Å². The molecule has 2 atom stereocenters. The van der Waals surface area contributed by atoms with E-state index in [1.807, 2.05) is 0 Å². The number of hydrogen-bond donors (Lipinski definition) is 1. The van der Waals surface area contributed by atoms with Crippen LogP contribution in [-0.4, -0.2) is 10.3 Å². The maximum absolute atomic E-state index is 10.9. The third-order valence-corrected chi connectivity index (χ3v) is 7.47. The molecule has 11 heteroatoms. The quantitative estimate of drug-likeness (QED) is 0.137. The van der Waals surface area contributed by atoms with Crippen molar-refractivity contribution in [3.8, 4) is 0 Å². The van der Waals surface area contributed by atoms with Crippen LogP contribution in [0.15, 0.2) is 23.3 Å². The molecule has 142 valence electrons. The molecule has 0 rings (SSSR count). The van der Waals surface area contributed by atoms with E-state index < -0.39 is 20.6 Å². The van der Waals surface area contributed by atoms with Crippen molar-refractivity contribution in [2.75, 3.05) is 0 Å². The Bertz CT molecular complexity index is 502. The van der Waals surface area contributed by atoms with Crippen LogP contribution >= 0.6 is 15.2 Å². The van der Waals surface area contributed by atoms with Crippen LogP contribution in [0.25, 0.3) is 0 Å². The first kappa shape index (κ1) is 37.1. The van der Waals surface area contributed by atoms with E-state index in [-0.39, 0.29) is 102 Å². The summed E-state index contributed by atoms with van der Waals surface area (Å²) in [7, 11) is -10.5. The summed E-state index contributed by atoms with van der Waals surface area (Å²) in [5.41, 5.74) is 2.64. The molecule has 0 saturated heterocycles. The Hall–Kier alpha value is 2.78. The molecular weight excluding hydrogens is 419 g/mol. The summed E-state index contributed by atoms with van der Waals surface area (Å²) in [5.74, 6) is 0. The van der Waals surface area contributed by atoms with Gasteiger partial charge >= 0.3 is 88.7 Å². The fraction of sp³-hybridized carbons (Fsp3) is 0.750. The van der Waals surface area contributed by atoms with Crippen LogP contribution in [0.3, 0.4) is 0 Å². The molecule has 0 amide bonds. The molecule has 0 aromatic rings. The summed E-state index contributed by atoms with van der Waals surface area (Å²) in [6, 6.07) is 0. The predicted molar refractivity (Wildman–Crippen MR) is 91.3 cm³/mol. The largest absolute Gasteiger partial charge is 1.00 e. The summed E-state index contributed by atoms with van der Waals surface area (Å²) in [6.07, 6.45) is 9.70. The molecule has 27 heavy (non-hydrogen) atoms. The Labute approximate surface area is 230 Å². The van der Waals surface area contributed by atoms with Gasteiger partial charge in [0.25, 0.3) is 0 Å². The molecule has 0 aromatic carbocycles. The van der Waals surface area contributed by atoms with Crippen molar-refractivity contribution in [1.82, 2.24) is 0 Å².